The van der Waals surface area contributed by atoms with Crippen molar-refractivity contribution in [2.75, 3.05) is 13.6 Å². The summed E-state index contributed by atoms with van der Waals surface area (Å²) >= 11 is 0. The van der Waals surface area contributed by atoms with Crippen molar-refractivity contribution in [1.29, 1.82) is 0 Å². The van der Waals surface area contributed by atoms with Gasteiger partial charge in [-0.2, -0.15) is 0 Å². The van der Waals surface area contributed by atoms with Gasteiger partial charge in [0.05, 0.1) is 0 Å². The molecular formula is C15H28N2O. The predicted octanol–water partition coefficient (Wildman–Crippen LogP) is 2.56. The third-order valence-corrected chi connectivity index (χ3v) is 4.64. The average Bonchev–Trinajstić information content (AvgIpc) is 2.37. The highest BCUT2D eigenvalue weighted by Crippen LogP contribution is 2.28. The molecule has 1 unspecified atom stereocenters. The SMILES string of the molecule is CCCC1CCC(NC2CCC(=O)N(C)C2)CC1. The van der Waals surface area contributed by atoms with Crippen LogP contribution in [0, 0.1) is 5.92 Å². The third-order valence-electron chi connectivity index (χ3n) is 4.64. The molecule has 3 nitrogen and oxygen atoms in total. The van der Waals surface area contributed by atoms with E-state index in [9.17, 15) is 4.79 Å². The summed E-state index contributed by atoms with van der Waals surface area (Å²) in [6, 6.07) is 1.23. The second kappa shape index (κ2) is 6.55. The largest absolute Gasteiger partial charge is 0.344 e. The van der Waals surface area contributed by atoms with Crippen molar-refractivity contribution in [3.63, 3.8) is 0 Å². The fraction of sp³-hybridized carbons (Fsp3) is 0.933. The van der Waals surface area contributed by atoms with Gasteiger partial charge in [-0.3, -0.25) is 4.79 Å². The van der Waals surface area contributed by atoms with Gasteiger partial charge < -0.3 is 10.2 Å². The summed E-state index contributed by atoms with van der Waals surface area (Å²) in [4.78, 5) is 13.3. The summed E-state index contributed by atoms with van der Waals surface area (Å²) in [6.45, 7) is 3.19. The molecule has 0 bridgehead atoms. The Labute approximate surface area is 111 Å². The zero-order valence-electron chi connectivity index (χ0n) is 12.0. The van der Waals surface area contributed by atoms with Gasteiger partial charge in [-0.25, -0.2) is 0 Å². The topological polar surface area (TPSA) is 32.3 Å². The van der Waals surface area contributed by atoms with E-state index < -0.39 is 0 Å². The van der Waals surface area contributed by atoms with Crippen LogP contribution < -0.4 is 5.32 Å². The van der Waals surface area contributed by atoms with Gasteiger partial charge in [0.2, 0.25) is 5.91 Å². The summed E-state index contributed by atoms with van der Waals surface area (Å²) in [7, 11) is 1.92. The molecule has 1 amide bonds. The first-order chi connectivity index (χ1) is 8.69. The summed E-state index contributed by atoms with van der Waals surface area (Å²) in [5.41, 5.74) is 0. The Balaban J connectivity index is 1.70. The minimum Gasteiger partial charge on any atom is -0.344 e. The molecule has 3 heteroatoms. The van der Waals surface area contributed by atoms with Gasteiger partial charge in [0.25, 0.3) is 0 Å². The quantitative estimate of drug-likeness (QED) is 0.834. The fourth-order valence-corrected chi connectivity index (χ4v) is 3.51. The van der Waals surface area contributed by atoms with Gasteiger partial charge >= 0.3 is 0 Å². The first kappa shape index (κ1) is 13.9. The van der Waals surface area contributed by atoms with E-state index in [1.165, 1.54) is 38.5 Å². The van der Waals surface area contributed by atoms with Crippen molar-refractivity contribution in [3.05, 3.63) is 0 Å². The minimum absolute atomic E-state index is 0.305. The number of nitrogens with zero attached hydrogens (tertiary/aromatic N) is 1. The lowest BCUT2D eigenvalue weighted by Gasteiger charge is -2.36. The van der Waals surface area contributed by atoms with Gasteiger partial charge in [0.15, 0.2) is 0 Å². The van der Waals surface area contributed by atoms with E-state index in [-0.39, 0.29) is 0 Å². The lowest BCUT2D eigenvalue weighted by molar-refractivity contribution is -0.132. The van der Waals surface area contributed by atoms with Gasteiger partial charge in [0, 0.05) is 32.1 Å². The van der Waals surface area contributed by atoms with Crippen LogP contribution in [0.2, 0.25) is 0 Å². The number of rotatable bonds is 4. The van der Waals surface area contributed by atoms with Crippen LogP contribution in [-0.2, 0) is 4.79 Å². The highest BCUT2D eigenvalue weighted by molar-refractivity contribution is 5.76. The Morgan fingerprint density at radius 1 is 1.17 bits per heavy atom. The smallest absolute Gasteiger partial charge is 0.222 e. The lowest BCUT2D eigenvalue weighted by Crippen LogP contribution is -2.50. The average molecular weight is 252 g/mol. The molecule has 1 saturated heterocycles. The van der Waals surface area contributed by atoms with Crippen molar-refractivity contribution < 1.29 is 4.79 Å². The van der Waals surface area contributed by atoms with Crippen LogP contribution in [0.3, 0.4) is 0 Å². The lowest BCUT2D eigenvalue weighted by atomic mass is 9.83. The molecule has 0 spiro atoms. The normalized spacial score (nSPS) is 33.8. The molecule has 1 heterocycles. The molecular weight excluding hydrogens is 224 g/mol. The second-order valence-corrected chi connectivity index (χ2v) is 6.18. The number of carbonyl (C=O) groups excluding carboxylic acids is 1. The van der Waals surface area contributed by atoms with E-state index in [2.05, 4.69) is 12.2 Å². The molecule has 2 fully saturated rings. The van der Waals surface area contributed by atoms with E-state index in [4.69, 9.17) is 0 Å². The number of carbonyl (C=O) groups is 1. The van der Waals surface area contributed by atoms with Crippen LogP contribution in [-0.4, -0.2) is 36.5 Å². The molecule has 1 aliphatic heterocycles. The van der Waals surface area contributed by atoms with Crippen molar-refractivity contribution in [3.8, 4) is 0 Å². The zero-order valence-corrected chi connectivity index (χ0v) is 12.0. The molecule has 0 radical (unpaired) electrons. The van der Waals surface area contributed by atoms with Gasteiger partial charge in [0.1, 0.15) is 0 Å². The third kappa shape index (κ3) is 3.71. The maximum atomic E-state index is 11.4. The number of likely N-dealkylation sites (N-methyl/N-ethyl adjacent to an activating group) is 1. The summed E-state index contributed by atoms with van der Waals surface area (Å²) in [6.07, 6.45) is 9.95. The molecule has 0 aromatic rings. The van der Waals surface area contributed by atoms with E-state index in [0.717, 1.165) is 25.3 Å². The van der Waals surface area contributed by atoms with Crippen LogP contribution in [0.25, 0.3) is 0 Å². The second-order valence-electron chi connectivity index (χ2n) is 6.18. The predicted molar refractivity (Wildman–Crippen MR) is 74.4 cm³/mol. The fourth-order valence-electron chi connectivity index (χ4n) is 3.51. The molecule has 1 atom stereocenters. The molecule has 2 rings (SSSR count). The molecule has 104 valence electrons. The Bertz CT molecular complexity index is 272. The van der Waals surface area contributed by atoms with E-state index in [0.29, 0.717) is 18.0 Å². The molecule has 0 aromatic carbocycles. The number of nitrogens with one attached hydrogen (secondary N) is 1. The minimum atomic E-state index is 0.305. The highest BCUT2D eigenvalue weighted by atomic mass is 16.2. The molecule has 18 heavy (non-hydrogen) atoms. The number of hydrogen-bond donors (Lipinski definition) is 1. The Hall–Kier alpha value is -0.570. The Morgan fingerprint density at radius 2 is 1.89 bits per heavy atom. The van der Waals surface area contributed by atoms with Crippen molar-refractivity contribution >= 4 is 5.91 Å². The number of piperidine rings is 1. The van der Waals surface area contributed by atoms with Crippen LogP contribution in [0.15, 0.2) is 0 Å². The van der Waals surface area contributed by atoms with Gasteiger partial charge in [-0.05, 0) is 38.0 Å². The summed E-state index contributed by atoms with van der Waals surface area (Å²) in [5, 5.41) is 3.78. The maximum absolute atomic E-state index is 11.4. The maximum Gasteiger partial charge on any atom is 0.222 e. The first-order valence-electron chi connectivity index (χ1n) is 7.69. The Morgan fingerprint density at radius 3 is 2.50 bits per heavy atom. The molecule has 1 saturated carbocycles. The molecule has 0 aromatic heterocycles. The van der Waals surface area contributed by atoms with E-state index >= 15 is 0 Å². The zero-order chi connectivity index (χ0) is 13.0. The molecule has 1 N–H and O–H groups in total. The summed E-state index contributed by atoms with van der Waals surface area (Å²) in [5.74, 6) is 1.28. The van der Waals surface area contributed by atoms with Crippen molar-refractivity contribution in [1.82, 2.24) is 10.2 Å². The molecule has 1 aliphatic carbocycles. The van der Waals surface area contributed by atoms with Crippen LogP contribution in [0.5, 0.6) is 0 Å². The van der Waals surface area contributed by atoms with Crippen LogP contribution in [0.4, 0.5) is 0 Å². The summed E-state index contributed by atoms with van der Waals surface area (Å²) < 4.78 is 0. The van der Waals surface area contributed by atoms with Gasteiger partial charge in [-0.15, -0.1) is 0 Å². The number of amides is 1. The van der Waals surface area contributed by atoms with E-state index in [1.807, 2.05) is 11.9 Å². The van der Waals surface area contributed by atoms with E-state index in [1.54, 1.807) is 0 Å². The highest BCUT2D eigenvalue weighted by Gasteiger charge is 2.27. The van der Waals surface area contributed by atoms with Gasteiger partial charge in [-0.1, -0.05) is 19.8 Å². The number of hydrogen-bond acceptors (Lipinski definition) is 2. The first-order valence-corrected chi connectivity index (χ1v) is 7.69. The van der Waals surface area contributed by atoms with Crippen molar-refractivity contribution in [2.45, 2.75) is 70.4 Å². The monoisotopic (exact) mass is 252 g/mol. The van der Waals surface area contributed by atoms with Crippen LogP contribution in [0.1, 0.15) is 58.3 Å². The van der Waals surface area contributed by atoms with Crippen LogP contribution >= 0.6 is 0 Å². The molecule has 2 aliphatic rings. The Kier molecular flexibility index (Phi) is 5.04. The van der Waals surface area contributed by atoms with Crippen molar-refractivity contribution in [2.24, 2.45) is 5.92 Å². The number of likely N-dealkylation sites (tertiary alicyclic amines) is 1. The standard InChI is InChI=1S/C15H28N2O/c1-3-4-12-5-7-13(8-6-12)16-14-9-10-15(18)17(2)11-14/h12-14,16H,3-11H2,1-2H3.